The second-order valence-electron chi connectivity index (χ2n) is 4.22. The second kappa shape index (κ2) is 5.47. The van der Waals surface area contributed by atoms with Crippen LogP contribution in [0, 0.1) is 5.92 Å². The number of benzene rings is 1. The number of carbonyl (C=O) groups is 1. The minimum absolute atomic E-state index is 0.0219. The van der Waals surface area contributed by atoms with Gasteiger partial charge in [0, 0.05) is 22.2 Å². The molecular formula is C12H12Cl3NO. The predicted octanol–water partition coefficient (Wildman–Crippen LogP) is 3.74. The fraction of sp³-hybridized carbons (Fsp3) is 0.417. The smallest absolute Gasteiger partial charge is 0.251 e. The summed E-state index contributed by atoms with van der Waals surface area (Å²) in [7, 11) is 0. The monoisotopic (exact) mass is 291 g/mol. The molecule has 2 rings (SSSR count). The van der Waals surface area contributed by atoms with Crippen molar-refractivity contribution in [3.05, 3.63) is 33.8 Å². The highest BCUT2D eigenvalue weighted by Gasteiger charge is 2.29. The van der Waals surface area contributed by atoms with Crippen LogP contribution in [0.2, 0.25) is 10.0 Å². The molecule has 2 nitrogen and oxygen atoms in total. The lowest BCUT2D eigenvalue weighted by molar-refractivity contribution is 0.0953. The van der Waals surface area contributed by atoms with Gasteiger partial charge in [-0.3, -0.25) is 4.79 Å². The van der Waals surface area contributed by atoms with Crippen LogP contribution in [0.15, 0.2) is 18.2 Å². The van der Waals surface area contributed by atoms with E-state index in [9.17, 15) is 4.79 Å². The third-order valence-electron chi connectivity index (χ3n) is 2.72. The zero-order chi connectivity index (χ0) is 12.4. The predicted molar refractivity (Wildman–Crippen MR) is 71.2 cm³/mol. The number of halogens is 3. The van der Waals surface area contributed by atoms with Crippen LogP contribution in [0.5, 0.6) is 0 Å². The topological polar surface area (TPSA) is 29.1 Å². The van der Waals surface area contributed by atoms with Crippen molar-refractivity contribution in [2.45, 2.75) is 18.2 Å². The van der Waals surface area contributed by atoms with Gasteiger partial charge in [-0.15, -0.1) is 11.6 Å². The molecule has 0 radical (unpaired) electrons. The van der Waals surface area contributed by atoms with Crippen molar-refractivity contribution in [3.8, 4) is 0 Å². The number of carbonyl (C=O) groups excluding carboxylic acids is 1. The van der Waals surface area contributed by atoms with E-state index in [0.717, 1.165) is 12.8 Å². The van der Waals surface area contributed by atoms with Gasteiger partial charge < -0.3 is 5.32 Å². The Bertz CT molecular complexity index is 412. The summed E-state index contributed by atoms with van der Waals surface area (Å²) in [5, 5.41) is 3.71. The second-order valence-corrected chi connectivity index (χ2v) is 5.66. The molecule has 5 heteroatoms. The van der Waals surface area contributed by atoms with Crippen molar-refractivity contribution in [1.29, 1.82) is 0 Å². The Kier molecular flexibility index (Phi) is 4.18. The quantitative estimate of drug-likeness (QED) is 0.842. The largest absolute Gasteiger partial charge is 0.351 e. The number of hydrogen-bond acceptors (Lipinski definition) is 1. The van der Waals surface area contributed by atoms with Gasteiger partial charge in [-0.2, -0.15) is 0 Å². The highest BCUT2D eigenvalue weighted by atomic mass is 35.5. The summed E-state index contributed by atoms with van der Waals surface area (Å²) in [4.78, 5) is 11.8. The average Bonchev–Trinajstić information content (AvgIpc) is 3.07. The van der Waals surface area contributed by atoms with Crippen LogP contribution in [0.4, 0.5) is 0 Å². The number of alkyl halides is 1. The highest BCUT2D eigenvalue weighted by Crippen LogP contribution is 2.35. The van der Waals surface area contributed by atoms with Crippen molar-refractivity contribution in [2.24, 2.45) is 5.92 Å². The lowest BCUT2D eigenvalue weighted by Gasteiger charge is -2.10. The molecule has 1 aromatic carbocycles. The van der Waals surface area contributed by atoms with Gasteiger partial charge in [-0.25, -0.2) is 0 Å². The standard InChI is InChI=1S/C12H12Cl3NO/c13-9-3-8(4-10(14)5-9)12(17)16-6-11(15)7-1-2-7/h3-5,7,11H,1-2,6H2,(H,16,17). The van der Waals surface area contributed by atoms with Gasteiger partial charge in [0.2, 0.25) is 0 Å². The maximum Gasteiger partial charge on any atom is 0.251 e. The first-order valence-electron chi connectivity index (χ1n) is 5.44. The summed E-state index contributed by atoms with van der Waals surface area (Å²) in [5.74, 6) is 0.362. The molecule has 1 saturated carbocycles. The molecule has 0 heterocycles. The summed E-state index contributed by atoms with van der Waals surface area (Å²) in [6, 6.07) is 4.76. The van der Waals surface area contributed by atoms with Crippen LogP contribution in [-0.2, 0) is 0 Å². The van der Waals surface area contributed by atoms with Gasteiger partial charge in [-0.1, -0.05) is 23.2 Å². The van der Waals surface area contributed by atoms with Crippen molar-refractivity contribution < 1.29 is 4.79 Å². The van der Waals surface area contributed by atoms with Crippen molar-refractivity contribution in [2.75, 3.05) is 6.54 Å². The molecule has 92 valence electrons. The van der Waals surface area contributed by atoms with E-state index >= 15 is 0 Å². The molecular weight excluding hydrogens is 280 g/mol. The molecule has 0 bridgehead atoms. The van der Waals surface area contributed by atoms with Crippen molar-refractivity contribution in [1.82, 2.24) is 5.32 Å². The Hall–Kier alpha value is -0.440. The van der Waals surface area contributed by atoms with Gasteiger partial charge in [0.25, 0.3) is 5.91 Å². The zero-order valence-electron chi connectivity index (χ0n) is 9.05. The third kappa shape index (κ3) is 3.77. The number of amides is 1. The summed E-state index contributed by atoms with van der Waals surface area (Å²) in [6.07, 6.45) is 2.32. The molecule has 1 amide bonds. The molecule has 1 atom stereocenters. The molecule has 1 aliphatic rings. The highest BCUT2D eigenvalue weighted by molar-refractivity contribution is 6.35. The van der Waals surface area contributed by atoms with Crippen molar-refractivity contribution >= 4 is 40.7 Å². The lowest BCUT2D eigenvalue weighted by Crippen LogP contribution is -2.30. The van der Waals surface area contributed by atoms with Crippen LogP contribution >= 0.6 is 34.8 Å². The van der Waals surface area contributed by atoms with E-state index in [2.05, 4.69) is 5.32 Å². The van der Waals surface area contributed by atoms with Gasteiger partial charge in [-0.05, 0) is 37.0 Å². The Morgan fingerprint density at radius 2 is 1.88 bits per heavy atom. The fourth-order valence-electron chi connectivity index (χ4n) is 1.60. The Balaban J connectivity index is 1.94. The van der Waals surface area contributed by atoms with E-state index in [-0.39, 0.29) is 11.3 Å². The number of nitrogens with one attached hydrogen (secondary N) is 1. The van der Waals surface area contributed by atoms with Crippen LogP contribution in [-0.4, -0.2) is 17.8 Å². The van der Waals surface area contributed by atoms with E-state index in [4.69, 9.17) is 34.8 Å². The number of rotatable bonds is 4. The molecule has 0 aliphatic heterocycles. The SMILES string of the molecule is O=C(NCC(Cl)C1CC1)c1cc(Cl)cc(Cl)c1. The number of hydrogen-bond donors (Lipinski definition) is 1. The van der Waals surface area contributed by atoms with Crippen LogP contribution < -0.4 is 5.32 Å². The first-order valence-corrected chi connectivity index (χ1v) is 6.64. The van der Waals surface area contributed by atoms with Crippen LogP contribution in [0.25, 0.3) is 0 Å². The van der Waals surface area contributed by atoms with Crippen molar-refractivity contribution in [3.63, 3.8) is 0 Å². The third-order valence-corrected chi connectivity index (χ3v) is 3.66. The zero-order valence-corrected chi connectivity index (χ0v) is 11.3. The van der Waals surface area contributed by atoms with Crippen LogP contribution in [0.3, 0.4) is 0 Å². The summed E-state index contributed by atoms with van der Waals surface area (Å²) >= 11 is 17.8. The molecule has 1 aromatic rings. The maximum atomic E-state index is 11.8. The minimum Gasteiger partial charge on any atom is -0.351 e. The molecule has 0 spiro atoms. The lowest BCUT2D eigenvalue weighted by atomic mass is 10.2. The first-order chi connectivity index (χ1) is 8.06. The fourth-order valence-corrected chi connectivity index (χ4v) is 2.46. The summed E-state index contributed by atoms with van der Waals surface area (Å²) in [6.45, 7) is 0.481. The van der Waals surface area contributed by atoms with E-state index in [1.54, 1.807) is 18.2 Å². The molecule has 17 heavy (non-hydrogen) atoms. The maximum absolute atomic E-state index is 11.8. The molecule has 1 aliphatic carbocycles. The van der Waals surface area contributed by atoms with Gasteiger partial charge >= 0.3 is 0 Å². The van der Waals surface area contributed by atoms with Gasteiger partial charge in [0.1, 0.15) is 0 Å². The molecule has 0 saturated heterocycles. The Morgan fingerprint density at radius 1 is 1.29 bits per heavy atom. The molecule has 1 N–H and O–H groups in total. The minimum atomic E-state index is -0.194. The van der Waals surface area contributed by atoms with E-state index < -0.39 is 0 Å². The summed E-state index contributed by atoms with van der Waals surface area (Å²) in [5.41, 5.74) is 0.460. The van der Waals surface area contributed by atoms with Crippen LogP contribution in [0.1, 0.15) is 23.2 Å². The van der Waals surface area contributed by atoms with E-state index in [0.29, 0.717) is 28.1 Å². The van der Waals surface area contributed by atoms with E-state index in [1.807, 2.05) is 0 Å². The average molecular weight is 293 g/mol. The van der Waals surface area contributed by atoms with Gasteiger partial charge in [0.15, 0.2) is 0 Å². The van der Waals surface area contributed by atoms with E-state index in [1.165, 1.54) is 0 Å². The normalized spacial score (nSPS) is 16.6. The van der Waals surface area contributed by atoms with Gasteiger partial charge in [0.05, 0.1) is 5.38 Å². The molecule has 0 aromatic heterocycles. The molecule has 1 fully saturated rings. The summed E-state index contributed by atoms with van der Waals surface area (Å²) < 4.78 is 0. The Labute approximate surface area is 115 Å². The first kappa shape index (κ1) is 13.0. The Morgan fingerprint density at radius 3 is 2.41 bits per heavy atom. The molecule has 1 unspecified atom stereocenters.